The highest BCUT2D eigenvalue weighted by Gasteiger charge is 2.29. The highest BCUT2D eigenvalue weighted by atomic mass is 32.3. The molecule has 0 unspecified atom stereocenters. The number of amides is 1. The molecule has 0 saturated carbocycles. The van der Waals surface area contributed by atoms with Crippen LogP contribution in [0, 0.1) is 0 Å². The van der Waals surface area contributed by atoms with E-state index in [1.165, 1.54) is 11.3 Å². The molecule has 0 bridgehead atoms. The minimum absolute atomic E-state index is 0.207. The lowest BCUT2D eigenvalue weighted by molar-refractivity contribution is 0.0329. The molecule has 13 heteroatoms. The van der Waals surface area contributed by atoms with Crippen molar-refractivity contribution in [1.82, 2.24) is 19.6 Å². The van der Waals surface area contributed by atoms with E-state index in [9.17, 15) is 22.3 Å². The maximum atomic E-state index is 13.1. The van der Waals surface area contributed by atoms with Crippen LogP contribution in [0.5, 0.6) is 0 Å². The Morgan fingerprint density at radius 3 is 2.69 bits per heavy atom. The van der Waals surface area contributed by atoms with E-state index in [1.54, 1.807) is 23.2 Å². The van der Waals surface area contributed by atoms with Crippen molar-refractivity contribution < 1.29 is 27.1 Å². The second-order valence-electron chi connectivity index (χ2n) is 11.0. The Labute approximate surface area is 233 Å². The minimum Gasteiger partial charge on any atom is -0.443 e. The van der Waals surface area contributed by atoms with Crippen LogP contribution in [0.25, 0.3) is 27.0 Å². The van der Waals surface area contributed by atoms with Crippen LogP contribution in [0.4, 0.5) is 4.79 Å². The van der Waals surface area contributed by atoms with E-state index in [0.29, 0.717) is 25.0 Å². The van der Waals surface area contributed by atoms with Gasteiger partial charge in [0, 0.05) is 58.0 Å². The number of carbonyl (C=O) groups excluding carboxylic acids is 1. The fourth-order valence-corrected chi connectivity index (χ4v) is 8.95. The molecule has 2 aliphatic rings. The standard InChI is InChI=1S/C26H34N4O6S3/c1-26(2,3)36-25(31)30-12-4-5-17(16-30)21-15-20-19(8-11-27-24(20)28-21)22-6-7-23(37-22)39(34,35)29-18-9-13-38(32,33)14-10-18/h6-8,11,15-16,18,29,32-33H,4-5,9-10,12-14H2,1-3H3,(H,27,28). The quantitative estimate of drug-likeness (QED) is 0.290. The molecule has 1 amide bonds. The normalized spacial score (nSPS) is 19.6. The third kappa shape index (κ3) is 6.50. The van der Waals surface area contributed by atoms with Crippen LogP contribution >= 0.6 is 21.9 Å². The van der Waals surface area contributed by atoms with Gasteiger partial charge in [0.1, 0.15) is 15.5 Å². The minimum atomic E-state index is -3.74. The summed E-state index contributed by atoms with van der Waals surface area (Å²) < 4.78 is 54.2. The first-order chi connectivity index (χ1) is 18.3. The summed E-state index contributed by atoms with van der Waals surface area (Å²) in [7, 11) is -6.32. The Hall–Kier alpha value is -2.42. The van der Waals surface area contributed by atoms with E-state index < -0.39 is 26.2 Å². The smallest absolute Gasteiger partial charge is 0.414 e. The van der Waals surface area contributed by atoms with Gasteiger partial charge in [-0.15, -0.1) is 11.3 Å². The number of carbonyl (C=O) groups is 1. The lowest BCUT2D eigenvalue weighted by Crippen LogP contribution is -2.39. The van der Waals surface area contributed by atoms with Gasteiger partial charge in [0.05, 0.1) is 0 Å². The molecule has 0 aromatic carbocycles. The molecule has 1 fully saturated rings. The zero-order chi connectivity index (χ0) is 28.0. The Morgan fingerprint density at radius 1 is 1.23 bits per heavy atom. The van der Waals surface area contributed by atoms with Crippen LogP contribution in [0.1, 0.15) is 52.1 Å². The average Bonchev–Trinajstić information content (AvgIpc) is 3.52. The molecule has 4 N–H and O–H groups in total. The van der Waals surface area contributed by atoms with Gasteiger partial charge in [0.15, 0.2) is 0 Å². The van der Waals surface area contributed by atoms with E-state index in [-0.39, 0.29) is 27.8 Å². The maximum Gasteiger partial charge on any atom is 0.414 e. The van der Waals surface area contributed by atoms with Crippen molar-refractivity contribution in [3.63, 3.8) is 0 Å². The van der Waals surface area contributed by atoms with Gasteiger partial charge in [-0.3, -0.25) is 14.0 Å². The van der Waals surface area contributed by atoms with E-state index in [4.69, 9.17) is 4.74 Å². The van der Waals surface area contributed by atoms with Crippen molar-refractivity contribution >= 4 is 54.6 Å². The van der Waals surface area contributed by atoms with Gasteiger partial charge in [-0.05, 0) is 76.3 Å². The predicted octanol–water partition coefficient (Wildman–Crippen LogP) is 5.85. The number of thiophene rings is 1. The summed E-state index contributed by atoms with van der Waals surface area (Å²) in [6, 6.07) is 6.94. The second kappa shape index (κ2) is 10.5. The summed E-state index contributed by atoms with van der Waals surface area (Å²) in [5.74, 6) is 0.430. The molecule has 3 aromatic rings. The Morgan fingerprint density at radius 2 is 1.97 bits per heavy atom. The molecular formula is C26H34N4O6S3. The number of aromatic amines is 1. The number of sulfonamides is 1. The van der Waals surface area contributed by atoms with Crippen LogP contribution in [-0.4, -0.2) is 68.2 Å². The fourth-order valence-electron chi connectivity index (χ4n) is 4.75. The molecule has 2 aliphatic heterocycles. The molecule has 5 rings (SSSR count). The van der Waals surface area contributed by atoms with E-state index >= 15 is 0 Å². The first-order valence-electron chi connectivity index (χ1n) is 12.8. The molecule has 212 valence electrons. The Bertz CT molecular complexity index is 1510. The van der Waals surface area contributed by atoms with Crippen molar-refractivity contribution in [1.29, 1.82) is 0 Å². The van der Waals surface area contributed by atoms with Crippen molar-refractivity contribution in [2.75, 3.05) is 18.1 Å². The van der Waals surface area contributed by atoms with Gasteiger partial charge in [0.2, 0.25) is 10.0 Å². The lowest BCUT2D eigenvalue weighted by Gasteiger charge is -2.39. The summed E-state index contributed by atoms with van der Waals surface area (Å²) in [4.78, 5) is 22.8. The van der Waals surface area contributed by atoms with Crippen molar-refractivity contribution in [2.24, 2.45) is 0 Å². The number of nitrogens with zero attached hydrogens (tertiary/aromatic N) is 2. The van der Waals surface area contributed by atoms with Crippen LogP contribution in [0.15, 0.2) is 40.9 Å². The molecule has 0 spiro atoms. The Balaban J connectivity index is 1.38. The van der Waals surface area contributed by atoms with Crippen LogP contribution in [0.3, 0.4) is 0 Å². The molecular weight excluding hydrogens is 561 g/mol. The number of aromatic nitrogens is 2. The Kier molecular flexibility index (Phi) is 7.59. The second-order valence-corrected chi connectivity index (χ2v) is 16.4. The molecule has 0 radical (unpaired) electrons. The molecule has 5 heterocycles. The van der Waals surface area contributed by atoms with Gasteiger partial charge < -0.3 is 9.72 Å². The van der Waals surface area contributed by atoms with E-state index in [2.05, 4.69) is 14.7 Å². The molecule has 10 nitrogen and oxygen atoms in total. The molecule has 0 aliphatic carbocycles. The highest BCUT2D eigenvalue weighted by Crippen LogP contribution is 2.44. The zero-order valence-electron chi connectivity index (χ0n) is 22.1. The number of allylic oxidation sites excluding steroid dienone is 1. The number of ether oxygens (including phenoxy) is 1. The van der Waals surface area contributed by atoms with Crippen molar-refractivity contribution in [2.45, 2.75) is 62.3 Å². The molecule has 0 atom stereocenters. The molecule has 3 aromatic heterocycles. The summed E-state index contributed by atoms with van der Waals surface area (Å²) >= 11 is 1.18. The number of pyridine rings is 1. The molecule has 39 heavy (non-hydrogen) atoms. The first-order valence-corrected chi connectivity index (χ1v) is 17.0. The number of H-pyrrole nitrogens is 1. The summed E-state index contributed by atoms with van der Waals surface area (Å²) in [6.45, 7) is 6.12. The number of hydrogen-bond acceptors (Lipinski definition) is 8. The summed E-state index contributed by atoms with van der Waals surface area (Å²) in [5.41, 5.74) is 2.79. The number of hydrogen-bond donors (Lipinski definition) is 4. The maximum absolute atomic E-state index is 13.1. The highest BCUT2D eigenvalue weighted by molar-refractivity contribution is 8.24. The topological polar surface area (TPSA) is 145 Å². The van der Waals surface area contributed by atoms with Crippen molar-refractivity contribution in [3.8, 4) is 10.4 Å². The van der Waals surface area contributed by atoms with Crippen LogP contribution < -0.4 is 4.72 Å². The van der Waals surface area contributed by atoms with Crippen molar-refractivity contribution in [3.05, 3.63) is 42.4 Å². The largest absolute Gasteiger partial charge is 0.443 e. The van der Waals surface area contributed by atoms with E-state index in [0.717, 1.165) is 39.9 Å². The monoisotopic (exact) mass is 594 g/mol. The number of nitrogens with one attached hydrogen (secondary N) is 2. The molecule has 1 saturated heterocycles. The SMILES string of the molecule is CC(C)(C)OC(=O)N1C=C(c2cc3c(-c4ccc(S(=O)(=O)NC5CCS(O)(O)CC5)s4)ccnc3[nH]2)CCC1. The predicted molar refractivity (Wildman–Crippen MR) is 155 cm³/mol. The van der Waals surface area contributed by atoms with Crippen LogP contribution in [-0.2, 0) is 14.8 Å². The summed E-state index contributed by atoms with van der Waals surface area (Å²) in [6.07, 6.45) is 5.54. The van der Waals surface area contributed by atoms with Gasteiger partial charge in [-0.2, -0.15) is 10.6 Å². The third-order valence-electron chi connectivity index (χ3n) is 6.68. The van der Waals surface area contributed by atoms with Gasteiger partial charge in [0.25, 0.3) is 0 Å². The van der Waals surface area contributed by atoms with Gasteiger partial charge >= 0.3 is 6.09 Å². The first kappa shape index (κ1) is 28.1. The summed E-state index contributed by atoms with van der Waals surface area (Å²) in [5, 5.41) is 0.860. The fraction of sp³-hybridized carbons (Fsp3) is 0.462. The third-order valence-corrected chi connectivity index (χ3v) is 11.6. The lowest BCUT2D eigenvalue weighted by atomic mass is 10.0. The van der Waals surface area contributed by atoms with Gasteiger partial charge in [-0.1, -0.05) is 0 Å². The number of fused-ring (bicyclic) bond motifs is 1. The van der Waals surface area contributed by atoms with Crippen LogP contribution in [0.2, 0.25) is 0 Å². The van der Waals surface area contributed by atoms with E-state index in [1.807, 2.05) is 39.1 Å². The zero-order valence-corrected chi connectivity index (χ0v) is 24.6. The average molecular weight is 595 g/mol. The number of rotatable bonds is 5. The van der Waals surface area contributed by atoms with Gasteiger partial charge in [-0.25, -0.2) is 22.9 Å².